The van der Waals surface area contributed by atoms with Crippen molar-refractivity contribution in [2.45, 2.75) is 51.7 Å². The highest BCUT2D eigenvalue weighted by atomic mass is 19.2. The van der Waals surface area contributed by atoms with Crippen LogP contribution in [0.1, 0.15) is 44.4 Å². The van der Waals surface area contributed by atoms with Gasteiger partial charge in [0.2, 0.25) is 0 Å². The van der Waals surface area contributed by atoms with Gasteiger partial charge < -0.3 is 14.6 Å². The first-order chi connectivity index (χ1) is 11.5. The third kappa shape index (κ3) is 3.72. The molecule has 24 heavy (non-hydrogen) atoms. The van der Waals surface area contributed by atoms with Crippen LogP contribution in [0, 0.1) is 11.6 Å². The van der Waals surface area contributed by atoms with E-state index in [9.17, 15) is 8.78 Å². The molecule has 3 rings (SSSR count). The molecule has 1 aromatic heterocycles. The standard InChI is InChI=1S/C17H22F2N4O/c1-11(10-24-13-6-7-14(18)15(19)9-13)20-12(2)17-22-21-16-5-3-4-8-23(16)17/h6-7,9,11-12,20H,3-5,8,10H2,1-2H3/t11-,12+/m1/s1. The van der Waals surface area contributed by atoms with Crippen LogP contribution < -0.4 is 10.1 Å². The highest BCUT2D eigenvalue weighted by Crippen LogP contribution is 2.19. The fraction of sp³-hybridized carbons (Fsp3) is 0.529. The minimum Gasteiger partial charge on any atom is -0.492 e. The molecule has 7 heteroatoms. The third-order valence-corrected chi connectivity index (χ3v) is 4.20. The Morgan fingerprint density at radius 3 is 2.83 bits per heavy atom. The zero-order valence-corrected chi connectivity index (χ0v) is 13.9. The van der Waals surface area contributed by atoms with E-state index in [1.807, 2.05) is 13.8 Å². The quantitative estimate of drug-likeness (QED) is 0.881. The van der Waals surface area contributed by atoms with Crippen LogP contribution in [-0.4, -0.2) is 27.4 Å². The second-order valence-electron chi connectivity index (χ2n) is 6.26. The lowest BCUT2D eigenvalue weighted by molar-refractivity contribution is 0.259. The molecule has 1 aromatic carbocycles. The van der Waals surface area contributed by atoms with Crippen molar-refractivity contribution in [2.24, 2.45) is 0 Å². The van der Waals surface area contributed by atoms with Crippen LogP contribution in [0.4, 0.5) is 8.78 Å². The predicted octanol–water partition coefficient (Wildman–Crippen LogP) is 3.01. The van der Waals surface area contributed by atoms with Gasteiger partial charge in [0.05, 0.1) is 6.04 Å². The predicted molar refractivity (Wildman–Crippen MR) is 85.8 cm³/mol. The van der Waals surface area contributed by atoms with E-state index >= 15 is 0 Å². The third-order valence-electron chi connectivity index (χ3n) is 4.20. The fourth-order valence-electron chi connectivity index (χ4n) is 2.99. The Morgan fingerprint density at radius 2 is 2.04 bits per heavy atom. The monoisotopic (exact) mass is 336 g/mol. The maximum absolute atomic E-state index is 13.2. The minimum absolute atomic E-state index is 0.0182. The molecule has 0 fully saturated rings. The number of hydrogen-bond acceptors (Lipinski definition) is 4. The summed E-state index contributed by atoms with van der Waals surface area (Å²) in [5, 5.41) is 12.0. The molecule has 0 saturated heterocycles. The average molecular weight is 336 g/mol. The highest BCUT2D eigenvalue weighted by Gasteiger charge is 2.21. The Kier molecular flexibility index (Phi) is 5.08. The number of nitrogens with one attached hydrogen (secondary N) is 1. The van der Waals surface area contributed by atoms with E-state index in [0.717, 1.165) is 43.2 Å². The van der Waals surface area contributed by atoms with Crippen molar-refractivity contribution >= 4 is 0 Å². The van der Waals surface area contributed by atoms with E-state index in [4.69, 9.17) is 4.74 Å². The zero-order chi connectivity index (χ0) is 17.1. The van der Waals surface area contributed by atoms with E-state index in [2.05, 4.69) is 20.1 Å². The molecule has 2 heterocycles. The number of nitrogens with zero attached hydrogens (tertiary/aromatic N) is 3. The minimum atomic E-state index is -0.906. The summed E-state index contributed by atoms with van der Waals surface area (Å²) in [4.78, 5) is 0. The van der Waals surface area contributed by atoms with Gasteiger partial charge in [-0.3, -0.25) is 0 Å². The lowest BCUT2D eigenvalue weighted by atomic mass is 10.1. The molecule has 0 saturated carbocycles. The summed E-state index contributed by atoms with van der Waals surface area (Å²) in [7, 11) is 0. The first-order valence-electron chi connectivity index (χ1n) is 8.30. The molecule has 2 atom stereocenters. The summed E-state index contributed by atoms with van der Waals surface area (Å²) in [5.74, 6) is 0.519. The number of benzene rings is 1. The van der Waals surface area contributed by atoms with Crippen molar-refractivity contribution in [2.75, 3.05) is 6.61 Å². The summed E-state index contributed by atoms with van der Waals surface area (Å²) in [6.45, 7) is 5.32. The number of ether oxygens (including phenoxy) is 1. The van der Waals surface area contributed by atoms with Gasteiger partial charge in [-0.15, -0.1) is 10.2 Å². The number of aryl methyl sites for hydroxylation is 1. The van der Waals surface area contributed by atoms with Crippen LogP contribution >= 0.6 is 0 Å². The number of hydrogen-bond donors (Lipinski definition) is 1. The second kappa shape index (κ2) is 7.25. The van der Waals surface area contributed by atoms with Gasteiger partial charge in [0.15, 0.2) is 11.6 Å². The molecule has 130 valence electrons. The maximum atomic E-state index is 13.2. The molecule has 5 nitrogen and oxygen atoms in total. The molecule has 2 aromatic rings. The van der Waals surface area contributed by atoms with Crippen LogP contribution in [0.5, 0.6) is 5.75 Å². The van der Waals surface area contributed by atoms with E-state index < -0.39 is 11.6 Å². The topological polar surface area (TPSA) is 52.0 Å². The van der Waals surface area contributed by atoms with E-state index in [0.29, 0.717) is 12.4 Å². The molecular formula is C17H22F2N4O. The Balaban J connectivity index is 1.55. The molecular weight excluding hydrogens is 314 g/mol. The van der Waals surface area contributed by atoms with Gasteiger partial charge in [-0.05, 0) is 38.8 Å². The smallest absolute Gasteiger partial charge is 0.162 e. The number of halogens is 2. The lowest BCUT2D eigenvalue weighted by Gasteiger charge is -2.22. The molecule has 0 bridgehead atoms. The summed E-state index contributed by atoms with van der Waals surface area (Å²) < 4.78 is 33.8. The Labute approximate surface area is 140 Å². The Bertz CT molecular complexity index is 704. The van der Waals surface area contributed by atoms with Gasteiger partial charge in [0.25, 0.3) is 0 Å². The normalized spacial score (nSPS) is 16.5. The van der Waals surface area contributed by atoms with Crippen molar-refractivity contribution in [1.29, 1.82) is 0 Å². The van der Waals surface area contributed by atoms with Crippen molar-refractivity contribution in [3.63, 3.8) is 0 Å². The summed E-state index contributed by atoms with van der Waals surface area (Å²) in [6.07, 6.45) is 3.30. The van der Waals surface area contributed by atoms with Gasteiger partial charge in [-0.1, -0.05) is 0 Å². The van der Waals surface area contributed by atoms with Gasteiger partial charge >= 0.3 is 0 Å². The van der Waals surface area contributed by atoms with E-state index in [1.54, 1.807) is 0 Å². The molecule has 0 spiro atoms. The molecule has 0 radical (unpaired) electrons. The van der Waals surface area contributed by atoms with Crippen LogP contribution in [0.25, 0.3) is 0 Å². The molecule has 0 amide bonds. The summed E-state index contributed by atoms with van der Waals surface area (Å²) in [5.41, 5.74) is 0. The molecule has 1 aliphatic rings. The average Bonchev–Trinajstić information content (AvgIpc) is 3.00. The van der Waals surface area contributed by atoms with Crippen molar-refractivity contribution in [3.05, 3.63) is 41.5 Å². The lowest BCUT2D eigenvalue weighted by Crippen LogP contribution is -2.35. The SMILES string of the molecule is C[C@H](COc1ccc(F)c(F)c1)N[C@@H](C)c1nnc2n1CCCC2. The molecule has 1 aliphatic heterocycles. The first kappa shape index (κ1) is 16.8. The van der Waals surface area contributed by atoms with Crippen LogP contribution in [-0.2, 0) is 13.0 Å². The highest BCUT2D eigenvalue weighted by molar-refractivity contribution is 5.23. The van der Waals surface area contributed by atoms with E-state index in [1.165, 1.54) is 12.5 Å². The van der Waals surface area contributed by atoms with Crippen LogP contribution in [0.2, 0.25) is 0 Å². The van der Waals surface area contributed by atoms with Gasteiger partial charge in [-0.2, -0.15) is 0 Å². The van der Waals surface area contributed by atoms with Crippen LogP contribution in [0.3, 0.4) is 0 Å². The summed E-state index contributed by atoms with van der Waals surface area (Å²) in [6, 6.07) is 3.59. The molecule has 0 unspecified atom stereocenters. The zero-order valence-electron chi connectivity index (χ0n) is 13.9. The maximum Gasteiger partial charge on any atom is 0.162 e. The fourth-order valence-corrected chi connectivity index (χ4v) is 2.99. The second-order valence-corrected chi connectivity index (χ2v) is 6.26. The molecule has 1 N–H and O–H groups in total. The number of rotatable bonds is 6. The van der Waals surface area contributed by atoms with E-state index in [-0.39, 0.29) is 12.1 Å². The van der Waals surface area contributed by atoms with Crippen molar-refractivity contribution in [3.8, 4) is 5.75 Å². The van der Waals surface area contributed by atoms with Gasteiger partial charge in [0, 0.05) is 25.1 Å². The first-order valence-corrected chi connectivity index (χ1v) is 8.30. The molecule has 0 aliphatic carbocycles. The van der Waals surface area contributed by atoms with Crippen molar-refractivity contribution in [1.82, 2.24) is 20.1 Å². The van der Waals surface area contributed by atoms with Crippen molar-refractivity contribution < 1.29 is 13.5 Å². The van der Waals surface area contributed by atoms with Gasteiger partial charge in [-0.25, -0.2) is 8.78 Å². The number of aromatic nitrogens is 3. The largest absolute Gasteiger partial charge is 0.492 e. The summed E-state index contributed by atoms with van der Waals surface area (Å²) >= 11 is 0. The van der Waals surface area contributed by atoms with Gasteiger partial charge in [0.1, 0.15) is 24.0 Å². The van der Waals surface area contributed by atoms with Crippen LogP contribution in [0.15, 0.2) is 18.2 Å². The number of fused-ring (bicyclic) bond motifs is 1. The Morgan fingerprint density at radius 1 is 1.21 bits per heavy atom. The Hall–Kier alpha value is -2.02.